The molecule has 11 heavy (non-hydrogen) atoms. The zero-order valence-corrected chi connectivity index (χ0v) is 5.76. The third-order valence-electron chi connectivity index (χ3n) is 1.23. The van der Waals surface area contributed by atoms with Crippen LogP contribution in [0.2, 0.25) is 0 Å². The van der Waals surface area contributed by atoms with Crippen LogP contribution in [0.5, 0.6) is 0 Å². The quantitative estimate of drug-likeness (QED) is 0.251. The van der Waals surface area contributed by atoms with E-state index in [-0.39, 0.29) is 24.7 Å². The van der Waals surface area contributed by atoms with E-state index in [1.165, 1.54) is 0 Å². The molecule has 0 saturated heterocycles. The monoisotopic (exact) mass is 156 g/mol. The number of nitrogens with two attached hydrogens (primary N) is 1. The first-order valence-corrected chi connectivity index (χ1v) is 3.06. The molecule has 0 aliphatic carbocycles. The van der Waals surface area contributed by atoms with Crippen LogP contribution < -0.4 is 16.7 Å². The van der Waals surface area contributed by atoms with Gasteiger partial charge in [0.25, 0.3) is 0 Å². The molecule has 0 radical (unpaired) electrons. The van der Waals surface area contributed by atoms with Crippen molar-refractivity contribution >= 4 is 17.5 Å². The van der Waals surface area contributed by atoms with Crippen molar-refractivity contribution in [1.29, 1.82) is 0 Å². The lowest BCUT2D eigenvalue weighted by Gasteiger charge is -1.95. The van der Waals surface area contributed by atoms with Gasteiger partial charge in [-0.2, -0.15) is 5.10 Å². The fraction of sp³-hybridized carbons (Fsp3) is 0.400. The number of hydrazine groups is 1. The summed E-state index contributed by atoms with van der Waals surface area (Å²) < 4.78 is 0. The van der Waals surface area contributed by atoms with Crippen LogP contribution in [0.3, 0.4) is 0 Å². The summed E-state index contributed by atoms with van der Waals surface area (Å²) >= 11 is 0. The Labute approximate surface area is 62.8 Å². The van der Waals surface area contributed by atoms with E-state index >= 15 is 0 Å². The third-order valence-corrected chi connectivity index (χ3v) is 1.23. The summed E-state index contributed by atoms with van der Waals surface area (Å²) in [6.07, 6.45) is 0.267. The summed E-state index contributed by atoms with van der Waals surface area (Å²) in [6.45, 7) is 0. The van der Waals surface area contributed by atoms with Gasteiger partial charge < -0.3 is 0 Å². The molecule has 0 atom stereocenters. The van der Waals surface area contributed by atoms with Crippen LogP contribution in [0, 0.1) is 0 Å². The molecule has 0 spiro atoms. The van der Waals surface area contributed by atoms with Gasteiger partial charge in [-0.15, -0.1) is 0 Å². The first kappa shape index (κ1) is 7.67. The molecule has 1 heterocycles. The number of rotatable bonds is 2. The van der Waals surface area contributed by atoms with Crippen LogP contribution >= 0.6 is 0 Å². The lowest BCUT2D eigenvalue weighted by molar-refractivity contribution is -0.120. The standard InChI is InChI=1S/C5H8N4O2/c6-7-4(10)1-3-2-5(11)9-8-3/h1-2,6H2,(H,7,10)(H,9,11). The SMILES string of the molecule is NNC(=O)CC1=NNC(=O)C1. The fourth-order valence-electron chi connectivity index (χ4n) is 0.744. The molecule has 0 aromatic rings. The van der Waals surface area contributed by atoms with Crippen LogP contribution in [0.25, 0.3) is 0 Å². The van der Waals surface area contributed by atoms with Gasteiger partial charge in [-0.05, 0) is 0 Å². The average molecular weight is 156 g/mol. The average Bonchev–Trinajstić information content (AvgIpc) is 2.35. The van der Waals surface area contributed by atoms with Crippen LogP contribution in [-0.2, 0) is 9.59 Å². The second kappa shape index (κ2) is 3.11. The van der Waals surface area contributed by atoms with Crippen molar-refractivity contribution in [3.63, 3.8) is 0 Å². The molecule has 1 aliphatic heterocycles. The molecular weight excluding hydrogens is 148 g/mol. The second-order valence-electron chi connectivity index (χ2n) is 2.13. The summed E-state index contributed by atoms with van der Waals surface area (Å²) in [5.41, 5.74) is 4.69. The lowest BCUT2D eigenvalue weighted by Crippen LogP contribution is -2.31. The number of nitrogens with zero attached hydrogens (tertiary/aromatic N) is 1. The highest BCUT2D eigenvalue weighted by molar-refractivity contribution is 6.11. The number of carbonyl (C=O) groups excluding carboxylic acids is 2. The number of nitrogens with one attached hydrogen (secondary N) is 2. The van der Waals surface area contributed by atoms with Gasteiger partial charge in [0.05, 0.1) is 18.6 Å². The van der Waals surface area contributed by atoms with E-state index in [1.54, 1.807) is 0 Å². The molecule has 6 nitrogen and oxygen atoms in total. The number of hydrogen-bond donors (Lipinski definition) is 3. The van der Waals surface area contributed by atoms with Gasteiger partial charge in [0, 0.05) is 0 Å². The lowest BCUT2D eigenvalue weighted by atomic mass is 10.2. The van der Waals surface area contributed by atoms with E-state index in [2.05, 4.69) is 10.5 Å². The number of hydrogen-bond acceptors (Lipinski definition) is 4. The topological polar surface area (TPSA) is 96.6 Å². The highest BCUT2D eigenvalue weighted by Crippen LogP contribution is 1.98. The molecule has 1 aliphatic rings. The Balaban J connectivity index is 2.39. The minimum Gasteiger partial charge on any atom is -0.294 e. The van der Waals surface area contributed by atoms with Crippen molar-refractivity contribution in [2.24, 2.45) is 10.9 Å². The molecule has 0 unspecified atom stereocenters. The molecule has 2 amide bonds. The van der Waals surface area contributed by atoms with Gasteiger partial charge >= 0.3 is 0 Å². The van der Waals surface area contributed by atoms with Crippen molar-refractivity contribution < 1.29 is 9.59 Å². The van der Waals surface area contributed by atoms with E-state index in [4.69, 9.17) is 5.84 Å². The Morgan fingerprint density at radius 2 is 2.55 bits per heavy atom. The molecular formula is C5H8N4O2. The fourth-order valence-corrected chi connectivity index (χ4v) is 0.744. The Hall–Kier alpha value is -1.43. The molecule has 0 fully saturated rings. The van der Waals surface area contributed by atoms with Gasteiger partial charge in [0.15, 0.2) is 0 Å². The zero-order chi connectivity index (χ0) is 8.27. The number of amides is 2. The Morgan fingerprint density at radius 3 is 3.00 bits per heavy atom. The van der Waals surface area contributed by atoms with Gasteiger partial charge in [-0.25, -0.2) is 11.3 Å². The van der Waals surface area contributed by atoms with Gasteiger partial charge in [-0.3, -0.25) is 15.0 Å². The van der Waals surface area contributed by atoms with E-state index in [0.29, 0.717) is 5.71 Å². The Bertz CT molecular complexity index is 223. The molecule has 0 bridgehead atoms. The van der Waals surface area contributed by atoms with Gasteiger partial charge in [-0.1, -0.05) is 0 Å². The minimum absolute atomic E-state index is 0.0786. The third kappa shape index (κ3) is 2.01. The Kier molecular flexibility index (Phi) is 2.17. The molecule has 60 valence electrons. The molecule has 0 aromatic heterocycles. The van der Waals surface area contributed by atoms with E-state index in [9.17, 15) is 9.59 Å². The molecule has 6 heteroatoms. The summed E-state index contributed by atoms with van der Waals surface area (Å²) in [5, 5.41) is 3.61. The molecule has 0 saturated carbocycles. The predicted octanol–water partition coefficient (Wildman–Crippen LogP) is -1.76. The molecule has 0 aromatic carbocycles. The molecule has 4 N–H and O–H groups in total. The van der Waals surface area contributed by atoms with E-state index < -0.39 is 0 Å². The van der Waals surface area contributed by atoms with Crippen LogP contribution in [-0.4, -0.2) is 17.5 Å². The summed E-state index contributed by atoms with van der Waals surface area (Å²) in [5.74, 6) is 4.29. The largest absolute Gasteiger partial charge is 0.294 e. The maximum absolute atomic E-state index is 10.6. The van der Waals surface area contributed by atoms with Crippen molar-refractivity contribution in [3.8, 4) is 0 Å². The van der Waals surface area contributed by atoms with Crippen LogP contribution in [0.1, 0.15) is 12.8 Å². The van der Waals surface area contributed by atoms with Crippen LogP contribution in [0.15, 0.2) is 5.10 Å². The number of carbonyl (C=O) groups is 2. The summed E-state index contributed by atoms with van der Waals surface area (Å²) in [4.78, 5) is 21.2. The van der Waals surface area contributed by atoms with E-state index in [0.717, 1.165) is 0 Å². The van der Waals surface area contributed by atoms with Crippen LogP contribution in [0.4, 0.5) is 0 Å². The van der Waals surface area contributed by atoms with Crippen molar-refractivity contribution in [2.45, 2.75) is 12.8 Å². The maximum atomic E-state index is 10.6. The van der Waals surface area contributed by atoms with Crippen molar-refractivity contribution in [2.75, 3.05) is 0 Å². The maximum Gasteiger partial charge on any atom is 0.245 e. The smallest absolute Gasteiger partial charge is 0.245 e. The van der Waals surface area contributed by atoms with Gasteiger partial charge in [0.2, 0.25) is 11.8 Å². The van der Waals surface area contributed by atoms with E-state index in [1.807, 2.05) is 5.43 Å². The highest BCUT2D eigenvalue weighted by atomic mass is 16.2. The normalized spacial score (nSPS) is 15.7. The van der Waals surface area contributed by atoms with Crippen molar-refractivity contribution in [3.05, 3.63) is 0 Å². The van der Waals surface area contributed by atoms with Crippen molar-refractivity contribution in [1.82, 2.24) is 10.9 Å². The highest BCUT2D eigenvalue weighted by Gasteiger charge is 2.16. The first-order valence-electron chi connectivity index (χ1n) is 3.06. The molecule has 1 rings (SSSR count). The van der Waals surface area contributed by atoms with Gasteiger partial charge in [0.1, 0.15) is 0 Å². The summed E-state index contributed by atoms with van der Waals surface area (Å²) in [6, 6.07) is 0. The summed E-state index contributed by atoms with van der Waals surface area (Å²) in [7, 11) is 0. The minimum atomic E-state index is -0.347. The first-order chi connectivity index (χ1) is 5.22. The number of hydrazone groups is 1. The Morgan fingerprint density at radius 1 is 1.82 bits per heavy atom. The zero-order valence-electron chi connectivity index (χ0n) is 5.76. The predicted molar refractivity (Wildman–Crippen MR) is 37.1 cm³/mol. The second-order valence-corrected chi connectivity index (χ2v) is 2.13.